The number of benzene rings is 1. The quantitative estimate of drug-likeness (QED) is 0.409. The predicted molar refractivity (Wildman–Crippen MR) is 142 cm³/mol. The van der Waals surface area contributed by atoms with Crippen LogP contribution >= 0.6 is 0 Å². The molecule has 1 amide bonds. The van der Waals surface area contributed by atoms with E-state index < -0.39 is 0 Å². The molecule has 0 spiro atoms. The van der Waals surface area contributed by atoms with Crippen LogP contribution in [0.4, 0.5) is 5.69 Å². The Kier molecular flexibility index (Phi) is 6.44. The molecule has 9 heteroatoms. The lowest BCUT2D eigenvalue weighted by Crippen LogP contribution is -2.49. The van der Waals surface area contributed by atoms with Crippen molar-refractivity contribution in [3.63, 3.8) is 0 Å². The van der Waals surface area contributed by atoms with Gasteiger partial charge >= 0.3 is 0 Å². The largest absolute Gasteiger partial charge is 0.368 e. The number of anilines is 1. The second kappa shape index (κ2) is 10.2. The molecule has 9 nitrogen and oxygen atoms in total. The molecule has 0 N–H and O–H groups in total. The third kappa shape index (κ3) is 4.62. The van der Waals surface area contributed by atoms with Crippen LogP contribution in [0.2, 0.25) is 0 Å². The lowest BCUT2D eigenvalue weighted by atomic mass is 10.0. The fraction of sp³-hybridized carbons (Fsp3) is 0.357. The zero-order valence-corrected chi connectivity index (χ0v) is 21.2. The van der Waals surface area contributed by atoms with Gasteiger partial charge in [0.25, 0.3) is 5.91 Å². The number of aromatic nitrogens is 5. The molecule has 0 radical (unpaired) electrons. The maximum absolute atomic E-state index is 13.7. The van der Waals surface area contributed by atoms with Crippen LogP contribution in [0.25, 0.3) is 5.95 Å². The van der Waals surface area contributed by atoms with Gasteiger partial charge in [0.05, 0.1) is 0 Å². The molecule has 0 saturated carbocycles. The molecular formula is C28H32N8O. The summed E-state index contributed by atoms with van der Waals surface area (Å²) in [6.45, 7) is 8.32. The van der Waals surface area contributed by atoms with Crippen molar-refractivity contribution in [2.75, 3.05) is 37.6 Å². The number of carbonyl (C=O) groups excluding carboxylic acids is 1. The van der Waals surface area contributed by atoms with Crippen LogP contribution in [0.15, 0.2) is 67.1 Å². The zero-order chi connectivity index (χ0) is 25.2. The fourth-order valence-electron chi connectivity index (χ4n) is 5.46. The van der Waals surface area contributed by atoms with E-state index in [1.165, 1.54) is 11.4 Å². The van der Waals surface area contributed by atoms with Gasteiger partial charge in [-0.05, 0) is 37.3 Å². The Labute approximate surface area is 217 Å². The predicted octanol–water partition coefficient (Wildman–Crippen LogP) is 3.00. The average Bonchev–Trinajstić information content (AvgIpc) is 3.58. The van der Waals surface area contributed by atoms with Crippen LogP contribution in [0.5, 0.6) is 0 Å². The number of hydrogen-bond acceptors (Lipinski definition) is 6. The smallest absolute Gasteiger partial charge is 0.274 e. The SMILES string of the molecule is CCn1nc(C(=O)N2CCN(c3ccccc3)CC2)c2c1CCN(Cc1cccn1-c1ncccn1)C2. The van der Waals surface area contributed by atoms with Gasteiger partial charge in [0, 0.05) is 100 Å². The molecule has 0 aliphatic carbocycles. The Bertz CT molecular complexity index is 1360. The van der Waals surface area contributed by atoms with Crippen LogP contribution in [-0.2, 0) is 26.1 Å². The third-order valence-electron chi connectivity index (χ3n) is 7.39. The Morgan fingerprint density at radius 2 is 1.70 bits per heavy atom. The van der Waals surface area contributed by atoms with E-state index in [0.717, 1.165) is 50.4 Å². The molecule has 2 aliphatic heterocycles. The molecule has 3 aromatic heterocycles. The van der Waals surface area contributed by atoms with Gasteiger partial charge in [-0.15, -0.1) is 0 Å². The summed E-state index contributed by atoms with van der Waals surface area (Å²) < 4.78 is 4.06. The molecule has 190 valence electrons. The number of fused-ring (bicyclic) bond motifs is 1. The monoisotopic (exact) mass is 496 g/mol. The number of piperazine rings is 1. The Balaban J connectivity index is 1.18. The van der Waals surface area contributed by atoms with E-state index in [4.69, 9.17) is 5.10 Å². The minimum absolute atomic E-state index is 0.0547. The molecule has 5 heterocycles. The molecule has 0 unspecified atom stereocenters. The van der Waals surface area contributed by atoms with Gasteiger partial charge in [0.1, 0.15) is 0 Å². The highest BCUT2D eigenvalue weighted by atomic mass is 16.2. The minimum atomic E-state index is 0.0547. The normalized spacial score (nSPS) is 16.1. The fourth-order valence-corrected chi connectivity index (χ4v) is 5.46. The van der Waals surface area contributed by atoms with E-state index in [-0.39, 0.29) is 5.91 Å². The lowest BCUT2D eigenvalue weighted by molar-refractivity contribution is 0.0737. The maximum Gasteiger partial charge on any atom is 0.274 e. The number of nitrogens with zero attached hydrogens (tertiary/aromatic N) is 8. The first kappa shape index (κ1) is 23.4. The van der Waals surface area contributed by atoms with Crippen molar-refractivity contribution in [3.05, 3.63) is 89.8 Å². The lowest BCUT2D eigenvalue weighted by Gasteiger charge is -2.36. The first-order chi connectivity index (χ1) is 18.2. The number of aryl methyl sites for hydroxylation is 1. The number of rotatable bonds is 6. The number of para-hydroxylation sites is 1. The zero-order valence-electron chi connectivity index (χ0n) is 21.2. The first-order valence-electron chi connectivity index (χ1n) is 13.0. The van der Waals surface area contributed by atoms with Gasteiger partial charge in [-0.3, -0.25) is 18.9 Å². The van der Waals surface area contributed by atoms with Crippen molar-refractivity contribution in [2.24, 2.45) is 0 Å². The highest BCUT2D eigenvalue weighted by Crippen LogP contribution is 2.26. The van der Waals surface area contributed by atoms with Gasteiger partial charge in [-0.2, -0.15) is 5.10 Å². The van der Waals surface area contributed by atoms with Gasteiger partial charge in [0.2, 0.25) is 5.95 Å². The molecule has 6 rings (SSSR count). The highest BCUT2D eigenvalue weighted by Gasteiger charge is 2.31. The van der Waals surface area contributed by atoms with Crippen molar-refractivity contribution < 1.29 is 4.79 Å². The molecular weight excluding hydrogens is 464 g/mol. The number of hydrogen-bond donors (Lipinski definition) is 0. The summed E-state index contributed by atoms with van der Waals surface area (Å²) in [6, 6.07) is 16.4. The minimum Gasteiger partial charge on any atom is -0.368 e. The Hall–Kier alpha value is -3.98. The first-order valence-corrected chi connectivity index (χ1v) is 13.0. The summed E-state index contributed by atoms with van der Waals surface area (Å²) >= 11 is 0. The van der Waals surface area contributed by atoms with Crippen LogP contribution in [0.3, 0.4) is 0 Å². The van der Waals surface area contributed by atoms with Crippen LogP contribution < -0.4 is 4.90 Å². The molecule has 0 bridgehead atoms. The molecule has 1 aromatic carbocycles. The molecule has 4 aromatic rings. The number of amides is 1. The van der Waals surface area contributed by atoms with Gasteiger partial charge in [0.15, 0.2) is 5.69 Å². The van der Waals surface area contributed by atoms with Crippen LogP contribution in [-0.4, -0.2) is 72.7 Å². The molecule has 1 fully saturated rings. The van der Waals surface area contributed by atoms with E-state index in [0.29, 0.717) is 31.3 Å². The van der Waals surface area contributed by atoms with E-state index in [1.807, 2.05) is 38.5 Å². The summed E-state index contributed by atoms with van der Waals surface area (Å²) in [5.74, 6) is 0.726. The maximum atomic E-state index is 13.7. The van der Waals surface area contributed by atoms with Crippen molar-refractivity contribution >= 4 is 11.6 Å². The summed E-state index contributed by atoms with van der Waals surface area (Å²) in [5, 5.41) is 4.82. The topological polar surface area (TPSA) is 75.3 Å². The highest BCUT2D eigenvalue weighted by molar-refractivity contribution is 5.94. The van der Waals surface area contributed by atoms with E-state index in [9.17, 15) is 4.79 Å². The summed E-state index contributed by atoms with van der Waals surface area (Å²) in [6.07, 6.45) is 6.40. The summed E-state index contributed by atoms with van der Waals surface area (Å²) in [5.41, 5.74) is 5.24. The molecule has 0 atom stereocenters. The van der Waals surface area contributed by atoms with E-state index in [1.54, 1.807) is 12.4 Å². The van der Waals surface area contributed by atoms with Gasteiger partial charge in [-0.1, -0.05) is 18.2 Å². The van der Waals surface area contributed by atoms with Crippen molar-refractivity contribution in [1.82, 2.24) is 34.1 Å². The molecule has 37 heavy (non-hydrogen) atoms. The second-order valence-corrected chi connectivity index (χ2v) is 9.58. The van der Waals surface area contributed by atoms with Crippen molar-refractivity contribution in [2.45, 2.75) is 33.0 Å². The Morgan fingerprint density at radius 3 is 2.46 bits per heavy atom. The van der Waals surface area contributed by atoms with Gasteiger partial charge < -0.3 is 9.80 Å². The third-order valence-corrected chi connectivity index (χ3v) is 7.39. The van der Waals surface area contributed by atoms with Crippen LogP contribution in [0, 0.1) is 0 Å². The average molecular weight is 497 g/mol. The summed E-state index contributed by atoms with van der Waals surface area (Å²) in [4.78, 5) is 29.2. The molecule has 2 aliphatic rings. The molecule has 1 saturated heterocycles. The Morgan fingerprint density at radius 1 is 0.919 bits per heavy atom. The van der Waals surface area contributed by atoms with Crippen molar-refractivity contribution in [1.29, 1.82) is 0 Å². The van der Waals surface area contributed by atoms with E-state index >= 15 is 0 Å². The van der Waals surface area contributed by atoms with Gasteiger partial charge in [-0.25, -0.2) is 9.97 Å². The second-order valence-electron chi connectivity index (χ2n) is 9.58. The van der Waals surface area contributed by atoms with E-state index in [2.05, 4.69) is 57.0 Å². The standard InChI is InChI=1S/C28H32N8O/c1-2-36-25-11-15-32(20-23-10-6-14-35(23)28-29-12-7-13-30-28)21-24(25)26(31-36)27(37)34-18-16-33(17-19-34)22-8-4-3-5-9-22/h3-10,12-14H,2,11,15-21H2,1H3. The van der Waals surface area contributed by atoms with Crippen molar-refractivity contribution in [3.8, 4) is 5.95 Å². The number of carbonyl (C=O) groups is 1. The summed E-state index contributed by atoms with van der Waals surface area (Å²) in [7, 11) is 0. The van der Waals surface area contributed by atoms with Crippen LogP contribution in [0.1, 0.15) is 34.4 Å².